The molecule has 0 fully saturated rings. The molecule has 1 rings (SSSR count). The number of hydrogen-bond donors (Lipinski definition) is 1. The Morgan fingerprint density at radius 3 is 2.94 bits per heavy atom. The van der Waals surface area contributed by atoms with E-state index in [4.69, 9.17) is 22.1 Å². The summed E-state index contributed by atoms with van der Waals surface area (Å²) < 4.78 is 5.00. The van der Waals surface area contributed by atoms with Crippen molar-refractivity contribution in [1.82, 2.24) is 9.88 Å². The molecule has 1 unspecified atom stereocenters. The molecule has 1 aromatic heterocycles. The van der Waals surface area contributed by atoms with E-state index in [2.05, 4.69) is 4.98 Å². The van der Waals surface area contributed by atoms with Gasteiger partial charge < -0.3 is 15.4 Å². The summed E-state index contributed by atoms with van der Waals surface area (Å²) in [6.07, 6.45) is 1.38. The predicted octanol–water partition coefficient (Wildman–Crippen LogP) is 1.42. The Kier molecular flexibility index (Phi) is 4.72. The van der Waals surface area contributed by atoms with Crippen LogP contribution in [0.15, 0.2) is 12.3 Å². The topological polar surface area (TPSA) is 68.5 Å². The van der Waals surface area contributed by atoms with E-state index >= 15 is 0 Å². The van der Waals surface area contributed by atoms with Crippen LogP contribution in [0.4, 0.5) is 5.69 Å². The largest absolute Gasteiger partial charge is 0.397 e. The Balaban J connectivity index is 2.92. The minimum Gasteiger partial charge on any atom is -0.397 e. The molecule has 1 heterocycles. The van der Waals surface area contributed by atoms with Gasteiger partial charge in [-0.2, -0.15) is 0 Å². The second kappa shape index (κ2) is 5.84. The summed E-state index contributed by atoms with van der Waals surface area (Å²) >= 11 is 5.74. The molecular weight excluding hydrogens is 242 g/mol. The van der Waals surface area contributed by atoms with Gasteiger partial charge in [0.2, 0.25) is 0 Å². The number of methoxy groups -OCH3 is 1. The molecule has 0 aliphatic carbocycles. The fourth-order valence-electron chi connectivity index (χ4n) is 1.37. The third-order valence-corrected chi connectivity index (χ3v) is 2.73. The highest BCUT2D eigenvalue weighted by molar-refractivity contribution is 6.29. The van der Waals surface area contributed by atoms with Gasteiger partial charge in [-0.15, -0.1) is 0 Å². The number of carbonyl (C=O) groups excluding carboxylic acids is 1. The number of anilines is 1. The molecule has 6 heteroatoms. The van der Waals surface area contributed by atoms with E-state index in [0.717, 1.165) is 0 Å². The number of ether oxygens (including phenoxy) is 1. The number of hydrogen-bond acceptors (Lipinski definition) is 4. The van der Waals surface area contributed by atoms with Crippen LogP contribution in [-0.2, 0) is 4.74 Å². The van der Waals surface area contributed by atoms with Gasteiger partial charge >= 0.3 is 0 Å². The van der Waals surface area contributed by atoms with E-state index in [1.807, 2.05) is 6.92 Å². The second-order valence-corrected chi connectivity index (χ2v) is 4.20. The lowest BCUT2D eigenvalue weighted by atomic mass is 10.2. The van der Waals surface area contributed by atoms with Crippen molar-refractivity contribution in [3.8, 4) is 0 Å². The molecule has 0 spiro atoms. The molecule has 0 aromatic carbocycles. The molecule has 0 radical (unpaired) electrons. The smallest absolute Gasteiger partial charge is 0.256 e. The Labute approximate surface area is 106 Å². The zero-order valence-corrected chi connectivity index (χ0v) is 10.9. The lowest BCUT2D eigenvalue weighted by Crippen LogP contribution is -2.38. The molecule has 0 saturated carbocycles. The Hall–Kier alpha value is -1.33. The van der Waals surface area contributed by atoms with Gasteiger partial charge in [0.1, 0.15) is 5.15 Å². The monoisotopic (exact) mass is 257 g/mol. The number of amides is 1. The molecule has 0 aliphatic rings. The van der Waals surface area contributed by atoms with Crippen molar-refractivity contribution < 1.29 is 9.53 Å². The van der Waals surface area contributed by atoms with Crippen LogP contribution in [0, 0.1) is 0 Å². The standard InChI is InChI=1S/C11H16ClN3O2/c1-7(6-17-3)15(2)11(16)8-4-10(12)14-5-9(8)13/h4-5,7H,6,13H2,1-3H3. The normalized spacial score (nSPS) is 12.2. The van der Waals surface area contributed by atoms with E-state index in [9.17, 15) is 4.79 Å². The van der Waals surface area contributed by atoms with Gasteiger partial charge in [0, 0.05) is 14.2 Å². The Bertz CT molecular complexity index is 412. The van der Waals surface area contributed by atoms with Crippen LogP contribution in [-0.4, -0.2) is 42.6 Å². The summed E-state index contributed by atoms with van der Waals surface area (Å²) in [7, 11) is 3.28. The lowest BCUT2D eigenvalue weighted by Gasteiger charge is -2.24. The third kappa shape index (κ3) is 3.31. The number of pyridine rings is 1. The number of rotatable bonds is 4. The quantitative estimate of drug-likeness (QED) is 0.829. The SMILES string of the molecule is COCC(C)N(C)C(=O)c1cc(Cl)ncc1N. The Morgan fingerprint density at radius 2 is 2.35 bits per heavy atom. The van der Waals surface area contributed by atoms with Gasteiger partial charge in [-0.3, -0.25) is 4.79 Å². The van der Waals surface area contributed by atoms with E-state index in [0.29, 0.717) is 17.9 Å². The average Bonchev–Trinajstić information content (AvgIpc) is 2.30. The highest BCUT2D eigenvalue weighted by Crippen LogP contribution is 2.17. The minimum absolute atomic E-state index is 0.0427. The van der Waals surface area contributed by atoms with E-state index in [1.54, 1.807) is 19.1 Å². The number of nitrogens with zero attached hydrogens (tertiary/aromatic N) is 2. The van der Waals surface area contributed by atoms with Crippen LogP contribution in [0.1, 0.15) is 17.3 Å². The van der Waals surface area contributed by atoms with Crippen molar-refractivity contribution in [1.29, 1.82) is 0 Å². The van der Waals surface area contributed by atoms with Crippen molar-refractivity contribution in [2.75, 3.05) is 26.5 Å². The molecule has 1 atom stereocenters. The van der Waals surface area contributed by atoms with Crippen LogP contribution in [0.3, 0.4) is 0 Å². The van der Waals surface area contributed by atoms with Gasteiger partial charge in [0.25, 0.3) is 5.91 Å². The lowest BCUT2D eigenvalue weighted by molar-refractivity contribution is 0.0634. The first kappa shape index (κ1) is 13.7. The summed E-state index contributed by atoms with van der Waals surface area (Å²) in [4.78, 5) is 17.5. The molecule has 0 saturated heterocycles. The van der Waals surface area contributed by atoms with Crippen molar-refractivity contribution in [2.45, 2.75) is 13.0 Å². The molecule has 17 heavy (non-hydrogen) atoms. The summed E-state index contributed by atoms with van der Waals surface area (Å²) in [5, 5.41) is 0.246. The first-order chi connectivity index (χ1) is 7.97. The maximum absolute atomic E-state index is 12.1. The van der Waals surface area contributed by atoms with Crippen molar-refractivity contribution >= 4 is 23.2 Å². The summed E-state index contributed by atoms with van der Waals surface area (Å²) in [5.74, 6) is -0.198. The first-order valence-electron chi connectivity index (χ1n) is 5.14. The van der Waals surface area contributed by atoms with Crippen molar-refractivity contribution in [3.05, 3.63) is 23.0 Å². The molecule has 94 valence electrons. The fraction of sp³-hybridized carbons (Fsp3) is 0.455. The molecule has 5 nitrogen and oxygen atoms in total. The zero-order chi connectivity index (χ0) is 13.0. The summed E-state index contributed by atoms with van der Waals surface area (Å²) in [5.41, 5.74) is 6.37. The number of nitrogens with two attached hydrogens (primary N) is 1. The highest BCUT2D eigenvalue weighted by atomic mass is 35.5. The summed E-state index contributed by atoms with van der Waals surface area (Å²) in [6.45, 7) is 2.35. The number of aromatic nitrogens is 1. The van der Waals surface area contributed by atoms with Crippen LogP contribution in [0.25, 0.3) is 0 Å². The third-order valence-electron chi connectivity index (χ3n) is 2.52. The van der Waals surface area contributed by atoms with Gasteiger partial charge in [-0.25, -0.2) is 4.98 Å². The second-order valence-electron chi connectivity index (χ2n) is 3.81. The predicted molar refractivity (Wildman–Crippen MR) is 67.1 cm³/mol. The van der Waals surface area contributed by atoms with Crippen LogP contribution in [0.5, 0.6) is 0 Å². The number of nitrogen functional groups attached to an aromatic ring is 1. The molecule has 0 aliphatic heterocycles. The van der Waals surface area contributed by atoms with Gasteiger partial charge in [-0.1, -0.05) is 11.6 Å². The van der Waals surface area contributed by atoms with Crippen LogP contribution >= 0.6 is 11.6 Å². The number of carbonyl (C=O) groups is 1. The van der Waals surface area contributed by atoms with Gasteiger partial charge in [-0.05, 0) is 13.0 Å². The van der Waals surface area contributed by atoms with Crippen molar-refractivity contribution in [3.63, 3.8) is 0 Å². The zero-order valence-electron chi connectivity index (χ0n) is 10.1. The van der Waals surface area contributed by atoms with Crippen molar-refractivity contribution in [2.24, 2.45) is 0 Å². The van der Waals surface area contributed by atoms with E-state index in [-0.39, 0.29) is 17.1 Å². The maximum atomic E-state index is 12.1. The molecule has 1 amide bonds. The molecule has 1 aromatic rings. The van der Waals surface area contributed by atoms with Crippen LogP contribution in [0.2, 0.25) is 5.15 Å². The average molecular weight is 258 g/mol. The minimum atomic E-state index is -0.198. The van der Waals surface area contributed by atoms with E-state index in [1.165, 1.54) is 12.3 Å². The van der Waals surface area contributed by atoms with Gasteiger partial charge in [0.05, 0.1) is 30.1 Å². The number of halogens is 1. The van der Waals surface area contributed by atoms with E-state index < -0.39 is 0 Å². The Morgan fingerprint density at radius 1 is 1.71 bits per heavy atom. The highest BCUT2D eigenvalue weighted by Gasteiger charge is 2.19. The van der Waals surface area contributed by atoms with Crippen LogP contribution < -0.4 is 5.73 Å². The van der Waals surface area contributed by atoms with Gasteiger partial charge in [0.15, 0.2) is 0 Å². The fourth-order valence-corrected chi connectivity index (χ4v) is 1.53. The number of likely N-dealkylation sites (N-methyl/N-ethyl adjacent to an activating group) is 1. The molecule has 0 bridgehead atoms. The first-order valence-corrected chi connectivity index (χ1v) is 5.52. The maximum Gasteiger partial charge on any atom is 0.256 e. The molecule has 2 N–H and O–H groups in total. The molecular formula is C11H16ClN3O2. The summed E-state index contributed by atoms with van der Waals surface area (Å²) in [6, 6.07) is 1.42.